The van der Waals surface area contributed by atoms with Crippen molar-refractivity contribution in [3.8, 4) is 33.4 Å². The Morgan fingerprint density at radius 2 is 0.483 bits per heavy atom. The summed E-state index contributed by atoms with van der Waals surface area (Å²) >= 11 is 0. The SMILES string of the molecule is Fc1c(F)c(F)c(-c2c3nc(c(-c4c(F)c(F)c(F)c(F)c4F)c4ccc([n-]4)c4ccc([n-]4)c(-c4c(F)c(F)c(F)c(F)c4F)c4ccc2[n-]4)C=C3)c(F)c1F.[CH3-].[Co]. The molecule has 5 heterocycles. The van der Waals surface area contributed by atoms with Gasteiger partial charge in [0.1, 0.15) is 0 Å². The monoisotopic (exact) mass is 867 g/mol. The Morgan fingerprint density at radius 3 is 0.776 bits per heavy atom. The van der Waals surface area contributed by atoms with E-state index in [1.54, 1.807) is 0 Å². The molecule has 0 saturated carbocycles. The van der Waals surface area contributed by atoms with E-state index in [-0.39, 0.29) is 35.2 Å². The normalized spacial score (nSPS) is 11.7. The molecule has 0 unspecified atom stereocenters. The van der Waals surface area contributed by atoms with Gasteiger partial charge in [-0.05, 0) is 28.8 Å². The predicted molar refractivity (Wildman–Crippen MR) is 174 cm³/mol. The van der Waals surface area contributed by atoms with E-state index >= 15 is 26.3 Å². The van der Waals surface area contributed by atoms with Gasteiger partial charge in [0.05, 0.1) is 28.1 Å². The minimum absolute atomic E-state index is 0. The van der Waals surface area contributed by atoms with Crippen molar-refractivity contribution < 1.29 is 82.6 Å². The third-order valence-corrected chi connectivity index (χ3v) is 8.74. The summed E-state index contributed by atoms with van der Waals surface area (Å²) < 4.78 is 223. The standard InChI is InChI=1S/C37H8F15N4.CH3.Co/c38-23-20(24(39)30(45)35(50)29(23)44)17-11-3-1-9(53-11)10-2-4-12(54-10)18(21-25(40)31(46)36(51)32(47)26(21)41)14-6-8-16(56-14)19(15-7-5-13(17)55-15)22-27(42)33(48)37(52)34(49)28(22)43;;/h1-8H;1H3;/q-3;-1;. The fourth-order valence-electron chi connectivity index (χ4n) is 6.20. The number of aromatic nitrogens is 4. The second-order valence-corrected chi connectivity index (χ2v) is 11.8. The maximum Gasteiger partial charge on any atom is 0.200 e. The van der Waals surface area contributed by atoms with E-state index in [1.807, 2.05) is 0 Å². The van der Waals surface area contributed by atoms with E-state index in [1.165, 1.54) is 0 Å². The van der Waals surface area contributed by atoms with Gasteiger partial charge in [-0.15, -0.1) is 22.1 Å². The number of rotatable bonds is 3. The molecule has 20 heteroatoms. The Balaban J connectivity index is 0.00000283. The van der Waals surface area contributed by atoms with Crippen LogP contribution in [0.3, 0.4) is 0 Å². The minimum atomic E-state index is -2.62. The Kier molecular flexibility index (Phi) is 10.5. The summed E-state index contributed by atoms with van der Waals surface area (Å²) in [6.07, 6.45) is 1.56. The molecule has 0 aliphatic carbocycles. The smallest absolute Gasteiger partial charge is 0.200 e. The van der Waals surface area contributed by atoms with Crippen LogP contribution in [0.15, 0.2) is 36.4 Å². The van der Waals surface area contributed by atoms with Crippen LogP contribution in [0.4, 0.5) is 65.9 Å². The molecule has 8 rings (SSSR count). The van der Waals surface area contributed by atoms with Gasteiger partial charge in [-0.1, -0.05) is 36.4 Å². The topological polar surface area (TPSA) is 55.2 Å². The van der Waals surface area contributed by atoms with Crippen LogP contribution >= 0.6 is 0 Å². The Hall–Kier alpha value is -6.15. The molecule has 1 aliphatic rings. The summed E-state index contributed by atoms with van der Waals surface area (Å²) in [4.78, 5) is 16.3. The van der Waals surface area contributed by atoms with E-state index in [9.17, 15) is 39.5 Å². The van der Waals surface area contributed by atoms with E-state index in [2.05, 4.69) is 19.9 Å². The third kappa shape index (κ3) is 5.91. The van der Waals surface area contributed by atoms with Gasteiger partial charge in [-0.3, -0.25) is 0 Å². The van der Waals surface area contributed by atoms with Crippen molar-refractivity contribution in [3.05, 3.63) is 142 Å². The van der Waals surface area contributed by atoms with Crippen LogP contribution in [-0.2, 0) is 16.8 Å². The van der Waals surface area contributed by atoms with Crippen LogP contribution < -0.4 is 15.0 Å². The molecule has 0 fully saturated rings. The van der Waals surface area contributed by atoms with E-state index in [0.717, 1.165) is 48.6 Å². The summed E-state index contributed by atoms with van der Waals surface area (Å²) in [6, 6.07) is 5.64. The average molecular weight is 867 g/mol. The average Bonchev–Trinajstić information content (AvgIpc) is 4.03. The molecule has 301 valence electrons. The number of hydrogen-bond acceptors (Lipinski definition) is 1. The molecule has 1 radical (unpaired) electrons. The Labute approximate surface area is 323 Å². The van der Waals surface area contributed by atoms with Crippen molar-refractivity contribution >= 4 is 45.3 Å². The molecular formula is C38H11CoF15N4-4. The van der Waals surface area contributed by atoms with Crippen LogP contribution in [-0.4, -0.2) is 4.98 Å². The number of hydrogen-bond donors (Lipinski definition) is 0. The van der Waals surface area contributed by atoms with Gasteiger partial charge in [0.25, 0.3) is 0 Å². The molecule has 8 bridgehead atoms. The van der Waals surface area contributed by atoms with Gasteiger partial charge in [0, 0.05) is 16.8 Å². The van der Waals surface area contributed by atoms with Crippen LogP contribution in [0.2, 0.25) is 0 Å². The predicted octanol–water partition coefficient (Wildman–Crippen LogP) is 11.1. The zero-order valence-corrected chi connectivity index (χ0v) is 29.0. The quantitative estimate of drug-likeness (QED) is 0.0768. The first kappa shape index (κ1) is 41.5. The molecule has 0 N–H and O–H groups in total. The largest absolute Gasteiger partial charge is 0.658 e. The van der Waals surface area contributed by atoms with Crippen LogP contribution in [0.25, 0.3) is 78.6 Å². The van der Waals surface area contributed by atoms with Crippen molar-refractivity contribution in [2.24, 2.45) is 0 Å². The molecular weight excluding hydrogens is 856 g/mol. The zero-order valence-electron chi connectivity index (χ0n) is 27.9. The first-order chi connectivity index (χ1) is 26.5. The van der Waals surface area contributed by atoms with Crippen LogP contribution in [0.5, 0.6) is 0 Å². The molecule has 58 heavy (non-hydrogen) atoms. The van der Waals surface area contributed by atoms with Gasteiger partial charge in [0.15, 0.2) is 69.8 Å². The second-order valence-electron chi connectivity index (χ2n) is 11.8. The summed E-state index contributed by atoms with van der Waals surface area (Å²) in [6.45, 7) is 0. The molecule has 3 aromatic carbocycles. The zero-order chi connectivity index (χ0) is 40.2. The summed E-state index contributed by atoms with van der Waals surface area (Å²) in [5.74, 6) is -37.0. The molecule has 0 atom stereocenters. The number of benzene rings is 3. The Bertz CT molecular complexity index is 2970. The molecule has 7 aromatic rings. The fraction of sp³-hybridized carbons (Fsp3) is 0. The maximum absolute atomic E-state index is 15.5. The van der Waals surface area contributed by atoms with Gasteiger partial charge in [0.2, 0.25) is 17.5 Å². The minimum Gasteiger partial charge on any atom is -0.658 e. The molecule has 0 spiro atoms. The third-order valence-electron chi connectivity index (χ3n) is 8.74. The van der Waals surface area contributed by atoms with Crippen molar-refractivity contribution in [3.63, 3.8) is 0 Å². The van der Waals surface area contributed by atoms with E-state index < -0.39 is 154 Å². The molecule has 0 saturated heterocycles. The summed E-state index contributed by atoms with van der Waals surface area (Å²) in [5, 5.41) is 0. The first-order valence-electron chi connectivity index (χ1n) is 15.3. The van der Waals surface area contributed by atoms with Gasteiger partial charge in [-0.25, -0.2) is 70.8 Å². The van der Waals surface area contributed by atoms with Crippen molar-refractivity contribution in [2.45, 2.75) is 0 Å². The first-order valence-corrected chi connectivity index (χ1v) is 15.3. The maximum atomic E-state index is 15.5. The number of halogens is 15. The molecule has 0 amide bonds. The van der Waals surface area contributed by atoms with Crippen molar-refractivity contribution in [1.82, 2.24) is 19.9 Å². The van der Waals surface area contributed by atoms with Crippen molar-refractivity contribution in [1.29, 1.82) is 0 Å². The van der Waals surface area contributed by atoms with E-state index in [4.69, 9.17) is 0 Å². The van der Waals surface area contributed by atoms with Gasteiger partial charge >= 0.3 is 0 Å². The molecule has 4 aromatic heterocycles. The second kappa shape index (κ2) is 14.7. The van der Waals surface area contributed by atoms with E-state index in [0.29, 0.717) is 0 Å². The number of nitrogens with zero attached hydrogens (tertiary/aromatic N) is 4. The van der Waals surface area contributed by atoms with Crippen LogP contribution in [0, 0.1) is 94.7 Å². The van der Waals surface area contributed by atoms with Gasteiger partial charge < -0.3 is 22.4 Å². The molecule has 4 nitrogen and oxygen atoms in total. The van der Waals surface area contributed by atoms with Crippen molar-refractivity contribution in [2.75, 3.05) is 0 Å². The summed E-state index contributed by atoms with van der Waals surface area (Å²) in [5.41, 5.74) is -13.0. The summed E-state index contributed by atoms with van der Waals surface area (Å²) in [7, 11) is 0. The Morgan fingerprint density at radius 1 is 0.276 bits per heavy atom. The fourth-order valence-corrected chi connectivity index (χ4v) is 6.20. The number of fused-ring (bicyclic) bond motifs is 9. The molecule has 1 aliphatic heterocycles. The van der Waals surface area contributed by atoms with Gasteiger partial charge in [-0.2, -0.15) is 11.0 Å². The van der Waals surface area contributed by atoms with Crippen LogP contribution in [0.1, 0.15) is 11.4 Å².